The van der Waals surface area contributed by atoms with Gasteiger partial charge in [-0.15, -0.1) is 0 Å². The average Bonchev–Trinajstić information content (AvgIpc) is 2.74. The van der Waals surface area contributed by atoms with Crippen LogP contribution in [0.5, 0.6) is 17.2 Å². The van der Waals surface area contributed by atoms with E-state index in [2.05, 4.69) is 24.4 Å². The molecule has 2 rings (SSSR count). The van der Waals surface area contributed by atoms with E-state index < -0.39 is 0 Å². The molecule has 6 nitrogen and oxygen atoms in total. The molecule has 2 aromatic rings. The van der Waals surface area contributed by atoms with E-state index >= 15 is 0 Å². The van der Waals surface area contributed by atoms with Crippen molar-refractivity contribution in [2.24, 2.45) is 5.10 Å². The molecule has 0 aliphatic rings. The number of rotatable bonds is 11. The number of ether oxygens (including phenoxy) is 3. The Balaban J connectivity index is 1.85. The van der Waals surface area contributed by atoms with Crippen LogP contribution < -0.4 is 19.6 Å². The highest BCUT2D eigenvalue weighted by Crippen LogP contribution is 2.28. The van der Waals surface area contributed by atoms with Gasteiger partial charge in [-0.1, -0.05) is 26.0 Å². The first-order valence-corrected chi connectivity index (χ1v) is 10.0. The van der Waals surface area contributed by atoms with Gasteiger partial charge in [-0.05, 0) is 67.6 Å². The van der Waals surface area contributed by atoms with Gasteiger partial charge in [-0.25, -0.2) is 5.43 Å². The molecular weight excluding hydrogens is 368 g/mol. The quantitative estimate of drug-likeness (QED) is 0.446. The molecule has 0 heterocycles. The van der Waals surface area contributed by atoms with Crippen molar-refractivity contribution in [1.29, 1.82) is 0 Å². The van der Waals surface area contributed by atoms with Crippen LogP contribution in [-0.2, 0) is 4.79 Å². The third-order valence-corrected chi connectivity index (χ3v) is 4.40. The molecule has 29 heavy (non-hydrogen) atoms. The van der Waals surface area contributed by atoms with Crippen LogP contribution in [0.1, 0.15) is 51.2 Å². The fraction of sp³-hybridized carbons (Fsp3) is 0.391. The van der Waals surface area contributed by atoms with E-state index in [1.54, 1.807) is 6.21 Å². The summed E-state index contributed by atoms with van der Waals surface area (Å²) >= 11 is 0. The predicted molar refractivity (Wildman–Crippen MR) is 115 cm³/mol. The number of nitrogens with zero attached hydrogens (tertiary/aromatic N) is 1. The summed E-state index contributed by atoms with van der Waals surface area (Å²) < 4.78 is 16.6. The first-order chi connectivity index (χ1) is 14.1. The van der Waals surface area contributed by atoms with Crippen LogP contribution in [-0.4, -0.2) is 31.9 Å². The second-order valence-corrected chi connectivity index (χ2v) is 6.53. The standard InChI is InChI=1S/C23H30N2O4/c1-5-17(4)19-9-11-20(12-10-19)29-16-23(26)25-24-15-18-8-13-21(27-6-2)22(14-18)28-7-3/h8-15,17H,5-7,16H2,1-4H3,(H,25,26)/b24-15-/t17-/m0/s1. The second-order valence-electron chi connectivity index (χ2n) is 6.53. The van der Waals surface area contributed by atoms with Crippen molar-refractivity contribution >= 4 is 12.1 Å². The van der Waals surface area contributed by atoms with E-state index in [4.69, 9.17) is 14.2 Å². The molecule has 0 aliphatic heterocycles. The van der Waals surface area contributed by atoms with Gasteiger partial charge in [0.05, 0.1) is 19.4 Å². The summed E-state index contributed by atoms with van der Waals surface area (Å²) in [5.41, 5.74) is 4.52. The van der Waals surface area contributed by atoms with Gasteiger partial charge in [-0.3, -0.25) is 4.79 Å². The molecule has 6 heteroatoms. The minimum Gasteiger partial charge on any atom is -0.490 e. The zero-order chi connectivity index (χ0) is 21.1. The number of carbonyl (C=O) groups is 1. The number of carbonyl (C=O) groups excluding carboxylic acids is 1. The third-order valence-electron chi connectivity index (χ3n) is 4.40. The van der Waals surface area contributed by atoms with Crippen molar-refractivity contribution in [2.45, 2.75) is 40.0 Å². The van der Waals surface area contributed by atoms with Crippen molar-refractivity contribution in [3.05, 3.63) is 53.6 Å². The van der Waals surface area contributed by atoms with Crippen LogP contribution in [0, 0.1) is 0 Å². The highest BCUT2D eigenvalue weighted by Gasteiger charge is 2.06. The van der Waals surface area contributed by atoms with Crippen LogP contribution in [0.2, 0.25) is 0 Å². The lowest BCUT2D eigenvalue weighted by Gasteiger charge is -2.11. The number of hydrogen-bond acceptors (Lipinski definition) is 5. The second kappa shape index (κ2) is 11.7. The maximum absolute atomic E-state index is 11.9. The van der Waals surface area contributed by atoms with Gasteiger partial charge in [-0.2, -0.15) is 5.10 Å². The average molecular weight is 399 g/mol. The summed E-state index contributed by atoms with van der Waals surface area (Å²) in [6.07, 6.45) is 2.64. The highest BCUT2D eigenvalue weighted by atomic mass is 16.5. The Morgan fingerprint density at radius 2 is 1.69 bits per heavy atom. The lowest BCUT2D eigenvalue weighted by atomic mass is 9.99. The zero-order valence-electron chi connectivity index (χ0n) is 17.6. The van der Waals surface area contributed by atoms with Gasteiger partial charge in [0.15, 0.2) is 18.1 Å². The molecule has 1 N–H and O–H groups in total. The van der Waals surface area contributed by atoms with Crippen LogP contribution in [0.4, 0.5) is 0 Å². The van der Waals surface area contributed by atoms with Crippen LogP contribution in [0.15, 0.2) is 47.6 Å². The third kappa shape index (κ3) is 7.14. The Bertz CT molecular complexity index is 803. The van der Waals surface area contributed by atoms with Crippen molar-refractivity contribution < 1.29 is 19.0 Å². The van der Waals surface area contributed by atoms with Gasteiger partial charge >= 0.3 is 0 Å². The molecule has 0 spiro atoms. The number of benzene rings is 2. The molecule has 0 fully saturated rings. The molecule has 0 unspecified atom stereocenters. The van der Waals surface area contributed by atoms with E-state index in [-0.39, 0.29) is 12.5 Å². The van der Waals surface area contributed by atoms with Crippen LogP contribution >= 0.6 is 0 Å². The fourth-order valence-electron chi connectivity index (χ4n) is 2.64. The van der Waals surface area contributed by atoms with Crippen LogP contribution in [0.25, 0.3) is 0 Å². The number of hydrogen-bond donors (Lipinski definition) is 1. The first-order valence-electron chi connectivity index (χ1n) is 10.0. The van der Waals surface area contributed by atoms with Gasteiger partial charge in [0.25, 0.3) is 5.91 Å². The van der Waals surface area contributed by atoms with Crippen LogP contribution in [0.3, 0.4) is 0 Å². The summed E-state index contributed by atoms with van der Waals surface area (Å²) in [6.45, 7) is 9.16. The molecule has 0 aliphatic carbocycles. The van der Waals surface area contributed by atoms with E-state index in [0.717, 1.165) is 12.0 Å². The molecule has 0 aromatic heterocycles. The SMILES string of the molecule is CCOc1ccc(/C=N\NC(=O)COc2ccc([C@@H](C)CC)cc2)cc1OCC. The summed E-state index contributed by atoms with van der Waals surface area (Å²) in [5, 5.41) is 3.98. The fourth-order valence-corrected chi connectivity index (χ4v) is 2.64. The lowest BCUT2D eigenvalue weighted by Crippen LogP contribution is -2.24. The first kappa shape index (κ1) is 22.3. The number of hydrazone groups is 1. The summed E-state index contributed by atoms with van der Waals surface area (Å²) in [5.74, 6) is 2.16. The van der Waals surface area contributed by atoms with E-state index in [9.17, 15) is 4.79 Å². The summed E-state index contributed by atoms with van der Waals surface area (Å²) in [4.78, 5) is 11.9. The largest absolute Gasteiger partial charge is 0.490 e. The van der Waals surface area contributed by atoms with Crippen molar-refractivity contribution in [1.82, 2.24) is 5.43 Å². The minimum absolute atomic E-state index is 0.104. The summed E-state index contributed by atoms with van der Waals surface area (Å²) in [6, 6.07) is 13.3. The van der Waals surface area contributed by atoms with Crippen molar-refractivity contribution in [3.63, 3.8) is 0 Å². The topological polar surface area (TPSA) is 69.2 Å². The molecule has 1 atom stereocenters. The molecule has 0 radical (unpaired) electrons. The van der Waals surface area contributed by atoms with E-state index in [1.165, 1.54) is 5.56 Å². The maximum Gasteiger partial charge on any atom is 0.277 e. The summed E-state index contributed by atoms with van der Waals surface area (Å²) in [7, 11) is 0. The Morgan fingerprint density at radius 3 is 2.34 bits per heavy atom. The Morgan fingerprint density at radius 1 is 1.00 bits per heavy atom. The van der Waals surface area contributed by atoms with E-state index in [0.29, 0.717) is 36.4 Å². The maximum atomic E-state index is 11.9. The molecular formula is C23H30N2O4. The monoisotopic (exact) mass is 398 g/mol. The Labute approximate surface area is 172 Å². The van der Waals surface area contributed by atoms with Gasteiger partial charge in [0, 0.05) is 0 Å². The number of amides is 1. The van der Waals surface area contributed by atoms with Gasteiger partial charge in [0.2, 0.25) is 0 Å². The molecule has 1 amide bonds. The smallest absolute Gasteiger partial charge is 0.277 e. The number of nitrogens with one attached hydrogen (secondary N) is 1. The Hall–Kier alpha value is -3.02. The molecule has 0 saturated carbocycles. The molecule has 0 bridgehead atoms. The van der Waals surface area contributed by atoms with Gasteiger partial charge < -0.3 is 14.2 Å². The van der Waals surface area contributed by atoms with Gasteiger partial charge in [0.1, 0.15) is 5.75 Å². The van der Waals surface area contributed by atoms with E-state index in [1.807, 2.05) is 56.3 Å². The predicted octanol–water partition coefficient (Wildman–Crippen LogP) is 4.53. The highest BCUT2D eigenvalue weighted by molar-refractivity contribution is 5.83. The lowest BCUT2D eigenvalue weighted by molar-refractivity contribution is -0.123. The minimum atomic E-state index is -0.330. The molecule has 2 aromatic carbocycles. The molecule has 156 valence electrons. The van der Waals surface area contributed by atoms with Crippen molar-refractivity contribution in [2.75, 3.05) is 19.8 Å². The van der Waals surface area contributed by atoms with Crippen molar-refractivity contribution in [3.8, 4) is 17.2 Å². The normalized spacial score (nSPS) is 11.9. The Kier molecular flexibility index (Phi) is 9.02. The zero-order valence-corrected chi connectivity index (χ0v) is 17.6. The molecule has 0 saturated heterocycles.